The Kier molecular flexibility index (Phi) is 5.88. The van der Waals surface area contributed by atoms with E-state index in [-0.39, 0.29) is 34.9 Å². The Morgan fingerprint density at radius 2 is 1.48 bits per heavy atom. The van der Waals surface area contributed by atoms with Crippen molar-refractivity contribution in [2.75, 3.05) is 0 Å². The zero-order chi connectivity index (χ0) is 17.1. The summed E-state index contributed by atoms with van der Waals surface area (Å²) >= 11 is 0. The molecule has 0 amide bonds. The van der Waals surface area contributed by atoms with Crippen LogP contribution in [0.5, 0.6) is 0 Å². The van der Waals surface area contributed by atoms with Gasteiger partial charge in [0.15, 0.2) is 0 Å². The third-order valence-electron chi connectivity index (χ3n) is 5.20. The maximum absolute atomic E-state index is 12.6. The molecule has 4 nitrogen and oxygen atoms in total. The Morgan fingerprint density at radius 3 is 2.13 bits per heavy atom. The maximum atomic E-state index is 12.6. The van der Waals surface area contributed by atoms with Gasteiger partial charge in [-0.1, -0.05) is 25.7 Å². The number of ether oxygens (including phenoxy) is 1. The van der Waals surface area contributed by atoms with Crippen LogP contribution in [-0.2, 0) is 14.3 Å². The molecule has 0 bridgehead atoms. The number of carbonyl (C=O) groups excluding carboxylic acids is 2. The van der Waals surface area contributed by atoms with Crippen LogP contribution in [0.2, 0.25) is 0 Å². The van der Waals surface area contributed by atoms with Gasteiger partial charge < -0.3 is 10.1 Å². The van der Waals surface area contributed by atoms with Crippen molar-refractivity contribution in [2.45, 2.75) is 96.6 Å². The molecule has 0 aromatic rings. The average Bonchev–Trinajstić information content (AvgIpc) is 2.40. The van der Waals surface area contributed by atoms with Crippen LogP contribution in [0.3, 0.4) is 0 Å². The van der Waals surface area contributed by atoms with Crippen LogP contribution < -0.4 is 5.32 Å². The van der Waals surface area contributed by atoms with Gasteiger partial charge in [-0.15, -0.1) is 0 Å². The van der Waals surface area contributed by atoms with Crippen LogP contribution in [0.15, 0.2) is 0 Å². The Balaban J connectivity index is 2.14. The quantitative estimate of drug-likeness (QED) is 0.586. The molecule has 1 N–H and O–H groups in total. The van der Waals surface area contributed by atoms with E-state index >= 15 is 0 Å². The van der Waals surface area contributed by atoms with Crippen LogP contribution in [0.25, 0.3) is 0 Å². The molecule has 0 saturated carbocycles. The van der Waals surface area contributed by atoms with Crippen LogP contribution >= 0.6 is 0 Å². The standard InChI is InChI=1S/C19H33NO3/c1-18(2)12-14(13-19(3,4)20-18)15-10-8-6-5-7-9-11-16(21)23-17(15)22/h14-15,20H,5-13H2,1-4H3. The molecule has 0 aliphatic carbocycles. The van der Waals surface area contributed by atoms with Gasteiger partial charge in [0.05, 0.1) is 5.92 Å². The summed E-state index contributed by atoms with van der Waals surface area (Å²) in [5, 5.41) is 3.67. The summed E-state index contributed by atoms with van der Waals surface area (Å²) in [7, 11) is 0. The number of carbonyl (C=O) groups is 2. The smallest absolute Gasteiger partial charge is 0.316 e. The second-order valence-corrected chi connectivity index (χ2v) is 8.77. The molecule has 2 heterocycles. The molecular formula is C19H33NO3. The minimum absolute atomic E-state index is 0.00289. The highest BCUT2D eigenvalue weighted by Gasteiger charge is 2.43. The molecule has 2 rings (SSSR count). The van der Waals surface area contributed by atoms with E-state index in [1.807, 2.05) is 0 Å². The Morgan fingerprint density at radius 1 is 0.913 bits per heavy atom. The van der Waals surface area contributed by atoms with E-state index in [1.54, 1.807) is 0 Å². The number of hydrogen-bond acceptors (Lipinski definition) is 4. The summed E-state index contributed by atoms with van der Waals surface area (Å²) < 4.78 is 5.19. The van der Waals surface area contributed by atoms with Crippen LogP contribution in [-0.4, -0.2) is 23.0 Å². The van der Waals surface area contributed by atoms with Crippen molar-refractivity contribution in [1.82, 2.24) is 5.32 Å². The maximum Gasteiger partial charge on any atom is 0.316 e. The second kappa shape index (κ2) is 7.33. The first-order chi connectivity index (χ1) is 10.7. The summed E-state index contributed by atoms with van der Waals surface area (Å²) in [6.07, 6.45) is 8.37. The largest absolute Gasteiger partial charge is 0.393 e. The third-order valence-corrected chi connectivity index (χ3v) is 5.20. The van der Waals surface area contributed by atoms with Crippen molar-refractivity contribution in [3.8, 4) is 0 Å². The predicted molar refractivity (Wildman–Crippen MR) is 90.9 cm³/mol. The lowest BCUT2D eigenvalue weighted by Crippen LogP contribution is -2.59. The minimum atomic E-state index is -0.339. The zero-order valence-corrected chi connectivity index (χ0v) is 15.2. The monoisotopic (exact) mass is 323 g/mol. The SMILES string of the molecule is CC1(C)CC(C2CCCCCCCC(=O)OC2=O)CC(C)(C)N1. The third kappa shape index (κ3) is 5.59. The average molecular weight is 323 g/mol. The van der Waals surface area contributed by atoms with Crippen molar-refractivity contribution in [3.63, 3.8) is 0 Å². The first-order valence-corrected chi connectivity index (χ1v) is 9.22. The molecule has 2 fully saturated rings. The van der Waals surface area contributed by atoms with E-state index < -0.39 is 0 Å². The number of rotatable bonds is 1. The van der Waals surface area contributed by atoms with Crippen molar-refractivity contribution in [2.24, 2.45) is 11.8 Å². The van der Waals surface area contributed by atoms with Gasteiger partial charge in [0.25, 0.3) is 0 Å². The molecule has 1 atom stereocenters. The van der Waals surface area contributed by atoms with Crippen molar-refractivity contribution in [1.29, 1.82) is 0 Å². The molecule has 0 aromatic heterocycles. The van der Waals surface area contributed by atoms with Gasteiger partial charge in [0.1, 0.15) is 0 Å². The Hall–Kier alpha value is -0.900. The highest BCUT2D eigenvalue weighted by molar-refractivity contribution is 5.86. The molecular weight excluding hydrogens is 290 g/mol. The van der Waals surface area contributed by atoms with Crippen molar-refractivity contribution in [3.05, 3.63) is 0 Å². The van der Waals surface area contributed by atoms with Crippen LogP contribution in [0, 0.1) is 11.8 Å². The van der Waals surface area contributed by atoms with Gasteiger partial charge >= 0.3 is 11.9 Å². The second-order valence-electron chi connectivity index (χ2n) is 8.77. The van der Waals surface area contributed by atoms with Gasteiger partial charge in [0, 0.05) is 17.5 Å². The molecule has 23 heavy (non-hydrogen) atoms. The summed E-state index contributed by atoms with van der Waals surface area (Å²) in [4.78, 5) is 24.5. The number of piperidine rings is 1. The Bertz CT molecular complexity index is 426. The lowest BCUT2D eigenvalue weighted by molar-refractivity contribution is -0.165. The topological polar surface area (TPSA) is 55.4 Å². The van der Waals surface area contributed by atoms with Gasteiger partial charge in [-0.05, 0) is 59.3 Å². The first kappa shape index (κ1) is 18.4. The van der Waals surface area contributed by atoms with Crippen molar-refractivity contribution < 1.29 is 14.3 Å². The van der Waals surface area contributed by atoms with Gasteiger partial charge in [-0.3, -0.25) is 9.59 Å². The highest BCUT2D eigenvalue weighted by atomic mass is 16.6. The molecule has 132 valence electrons. The van der Waals surface area contributed by atoms with Crippen LogP contribution in [0.4, 0.5) is 0 Å². The summed E-state index contributed by atoms with van der Waals surface area (Å²) in [5.74, 6) is -0.482. The zero-order valence-electron chi connectivity index (χ0n) is 15.2. The van der Waals surface area contributed by atoms with E-state index in [0.29, 0.717) is 6.42 Å². The molecule has 0 aromatic carbocycles. The minimum Gasteiger partial charge on any atom is -0.393 e. The number of esters is 2. The van der Waals surface area contributed by atoms with Gasteiger partial charge in [-0.2, -0.15) is 0 Å². The summed E-state index contributed by atoms with van der Waals surface area (Å²) in [6, 6.07) is 0. The number of cyclic esters (lactones) is 2. The van der Waals surface area contributed by atoms with E-state index in [4.69, 9.17) is 4.74 Å². The molecule has 1 unspecified atom stereocenters. The van der Waals surface area contributed by atoms with Gasteiger partial charge in [0.2, 0.25) is 0 Å². The van der Waals surface area contributed by atoms with E-state index in [2.05, 4.69) is 33.0 Å². The summed E-state index contributed by atoms with van der Waals surface area (Å²) in [6.45, 7) is 8.79. The fourth-order valence-corrected chi connectivity index (χ4v) is 4.63. The van der Waals surface area contributed by atoms with Gasteiger partial charge in [-0.25, -0.2) is 0 Å². The summed E-state index contributed by atoms with van der Waals surface area (Å²) in [5.41, 5.74) is 0.00578. The van der Waals surface area contributed by atoms with E-state index in [1.165, 1.54) is 0 Å². The number of hydrogen-bond donors (Lipinski definition) is 1. The Labute approximate surface area is 140 Å². The first-order valence-electron chi connectivity index (χ1n) is 9.22. The fraction of sp³-hybridized carbons (Fsp3) is 0.895. The number of nitrogens with one attached hydrogen (secondary N) is 1. The fourth-order valence-electron chi connectivity index (χ4n) is 4.63. The highest BCUT2D eigenvalue weighted by Crippen LogP contribution is 2.39. The van der Waals surface area contributed by atoms with E-state index in [0.717, 1.165) is 51.4 Å². The van der Waals surface area contributed by atoms with Crippen LogP contribution in [0.1, 0.15) is 85.5 Å². The van der Waals surface area contributed by atoms with Crippen molar-refractivity contribution >= 4 is 11.9 Å². The predicted octanol–water partition coefficient (Wildman–Crippen LogP) is 3.97. The molecule has 2 aliphatic heterocycles. The lowest BCUT2D eigenvalue weighted by atomic mass is 9.69. The normalized spacial score (nSPS) is 30.3. The molecule has 0 radical (unpaired) electrons. The van der Waals surface area contributed by atoms with E-state index in [9.17, 15) is 9.59 Å². The molecule has 2 aliphatic rings. The molecule has 4 heteroatoms. The lowest BCUT2D eigenvalue weighted by Gasteiger charge is -2.48. The molecule has 0 spiro atoms. The molecule has 2 saturated heterocycles.